The summed E-state index contributed by atoms with van der Waals surface area (Å²) in [5.41, 5.74) is 0.700. The van der Waals surface area contributed by atoms with Gasteiger partial charge in [0, 0.05) is 6.54 Å². The van der Waals surface area contributed by atoms with Crippen LogP contribution in [-0.2, 0) is 4.74 Å². The number of carbonyl (C=O) groups is 2. The molecule has 0 atom stereocenters. The van der Waals surface area contributed by atoms with Gasteiger partial charge in [0.2, 0.25) is 0 Å². The van der Waals surface area contributed by atoms with Gasteiger partial charge >= 0.3 is 5.97 Å². The van der Waals surface area contributed by atoms with E-state index in [1.807, 2.05) is 14.1 Å². The van der Waals surface area contributed by atoms with Crippen molar-refractivity contribution in [2.24, 2.45) is 0 Å². The Balaban J connectivity index is 1.99. The lowest BCUT2D eigenvalue weighted by atomic mass is 10.2. The van der Waals surface area contributed by atoms with Gasteiger partial charge in [-0.05, 0) is 57.4 Å². The fourth-order valence-electron chi connectivity index (χ4n) is 2.21. The number of aromatic nitrogens is 2. The molecule has 0 aliphatic heterocycles. The number of hydrogen-bond donors (Lipinski definition) is 2. The van der Waals surface area contributed by atoms with E-state index in [0.29, 0.717) is 10.8 Å². The van der Waals surface area contributed by atoms with E-state index in [2.05, 4.69) is 30.5 Å². The van der Waals surface area contributed by atoms with E-state index < -0.39 is 11.9 Å². The predicted molar refractivity (Wildman–Crippen MR) is 104 cm³/mol. The Morgan fingerprint density at radius 2 is 1.96 bits per heavy atom. The van der Waals surface area contributed by atoms with Gasteiger partial charge in [-0.2, -0.15) is 0 Å². The second-order valence-electron chi connectivity index (χ2n) is 6.03. The molecule has 9 heteroatoms. The molecule has 0 aliphatic rings. The minimum Gasteiger partial charge on any atom is -0.465 e. The maximum atomic E-state index is 12.3. The summed E-state index contributed by atoms with van der Waals surface area (Å²) in [6.45, 7) is 1.72. The van der Waals surface area contributed by atoms with Gasteiger partial charge in [-0.3, -0.25) is 4.79 Å². The lowest BCUT2D eigenvalue weighted by molar-refractivity contribution is 0.0600. The molecule has 27 heavy (non-hydrogen) atoms. The molecule has 144 valence electrons. The van der Waals surface area contributed by atoms with E-state index in [-0.39, 0.29) is 16.9 Å². The average Bonchev–Trinajstić information content (AvgIpc) is 2.66. The molecule has 0 saturated carbocycles. The number of methoxy groups -OCH3 is 1. The van der Waals surface area contributed by atoms with Crippen LogP contribution in [0.3, 0.4) is 0 Å². The van der Waals surface area contributed by atoms with E-state index in [0.717, 1.165) is 19.5 Å². The molecule has 2 aromatic rings. The Hall–Kier alpha value is -2.71. The SMILES string of the molecule is COC(=O)c1ccc(Cl)c(NC(=O)c2ccc(NCCCN(C)C)nn2)c1. The minimum absolute atomic E-state index is 0.133. The average molecular weight is 392 g/mol. The number of anilines is 2. The molecule has 0 radical (unpaired) electrons. The Morgan fingerprint density at radius 3 is 2.59 bits per heavy atom. The number of rotatable bonds is 8. The van der Waals surface area contributed by atoms with Crippen LogP contribution < -0.4 is 10.6 Å². The van der Waals surface area contributed by atoms with Gasteiger partial charge in [-0.1, -0.05) is 11.6 Å². The summed E-state index contributed by atoms with van der Waals surface area (Å²) in [6, 6.07) is 7.72. The fraction of sp³-hybridized carbons (Fsp3) is 0.333. The lowest BCUT2D eigenvalue weighted by Gasteiger charge is -2.10. The number of carbonyl (C=O) groups excluding carboxylic acids is 2. The van der Waals surface area contributed by atoms with E-state index in [4.69, 9.17) is 11.6 Å². The van der Waals surface area contributed by atoms with Crippen LogP contribution in [0.4, 0.5) is 11.5 Å². The summed E-state index contributed by atoms with van der Waals surface area (Å²) >= 11 is 6.08. The molecule has 2 rings (SSSR count). The Kier molecular flexibility index (Phi) is 7.51. The van der Waals surface area contributed by atoms with Crippen molar-refractivity contribution in [1.82, 2.24) is 15.1 Å². The van der Waals surface area contributed by atoms with Crippen LogP contribution >= 0.6 is 11.6 Å². The highest BCUT2D eigenvalue weighted by Crippen LogP contribution is 2.24. The van der Waals surface area contributed by atoms with Crippen molar-refractivity contribution >= 4 is 35.0 Å². The monoisotopic (exact) mass is 391 g/mol. The predicted octanol–water partition coefficient (Wildman–Crippen LogP) is 2.53. The second-order valence-corrected chi connectivity index (χ2v) is 6.43. The van der Waals surface area contributed by atoms with Gasteiger partial charge in [0.15, 0.2) is 5.69 Å². The summed E-state index contributed by atoms with van der Waals surface area (Å²) in [4.78, 5) is 26.1. The summed E-state index contributed by atoms with van der Waals surface area (Å²) < 4.78 is 4.66. The molecule has 0 fully saturated rings. The summed E-state index contributed by atoms with van der Waals surface area (Å²) in [5.74, 6) is -0.409. The molecule has 1 amide bonds. The number of amides is 1. The number of halogens is 1. The molecule has 0 bridgehead atoms. The first-order valence-corrected chi connectivity index (χ1v) is 8.70. The molecule has 2 N–H and O–H groups in total. The molecule has 8 nitrogen and oxygen atoms in total. The quantitative estimate of drug-likeness (QED) is 0.527. The molecule has 0 saturated heterocycles. The second kappa shape index (κ2) is 9.84. The molecule has 1 aromatic carbocycles. The minimum atomic E-state index is -0.522. The van der Waals surface area contributed by atoms with E-state index >= 15 is 0 Å². The number of hydrogen-bond acceptors (Lipinski definition) is 7. The molecule has 1 aromatic heterocycles. The van der Waals surface area contributed by atoms with Crippen molar-refractivity contribution in [3.63, 3.8) is 0 Å². The number of nitrogens with one attached hydrogen (secondary N) is 2. The van der Waals surface area contributed by atoms with Gasteiger partial charge in [0.05, 0.1) is 23.4 Å². The molecular weight excluding hydrogens is 370 g/mol. The normalized spacial score (nSPS) is 10.6. The third-order valence-electron chi connectivity index (χ3n) is 3.62. The Bertz CT molecular complexity index is 796. The zero-order valence-corrected chi connectivity index (χ0v) is 16.2. The van der Waals surface area contributed by atoms with Crippen LogP contribution in [0.5, 0.6) is 0 Å². The highest BCUT2D eigenvalue weighted by atomic mass is 35.5. The third-order valence-corrected chi connectivity index (χ3v) is 3.95. The zero-order chi connectivity index (χ0) is 19.8. The molecular formula is C18H22ClN5O3. The van der Waals surface area contributed by atoms with Gasteiger partial charge in [-0.25, -0.2) is 4.79 Å². The first kappa shape index (κ1) is 20.6. The lowest BCUT2D eigenvalue weighted by Crippen LogP contribution is -2.17. The van der Waals surface area contributed by atoms with Crippen LogP contribution in [0, 0.1) is 0 Å². The van der Waals surface area contributed by atoms with Gasteiger partial charge in [-0.15, -0.1) is 10.2 Å². The van der Waals surface area contributed by atoms with Crippen LogP contribution in [0.15, 0.2) is 30.3 Å². The van der Waals surface area contributed by atoms with E-state index in [9.17, 15) is 9.59 Å². The maximum absolute atomic E-state index is 12.3. The Morgan fingerprint density at radius 1 is 1.19 bits per heavy atom. The fourth-order valence-corrected chi connectivity index (χ4v) is 2.38. The van der Waals surface area contributed by atoms with Crippen LogP contribution in [-0.4, -0.2) is 61.3 Å². The summed E-state index contributed by atoms with van der Waals surface area (Å²) in [5, 5.41) is 14.0. The summed E-state index contributed by atoms with van der Waals surface area (Å²) in [7, 11) is 5.31. The van der Waals surface area contributed by atoms with Crippen molar-refractivity contribution < 1.29 is 14.3 Å². The van der Waals surface area contributed by atoms with Crippen LogP contribution in [0.25, 0.3) is 0 Å². The highest BCUT2D eigenvalue weighted by Gasteiger charge is 2.14. The molecule has 0 unspecified atom stereocenters. The Labute approximate surface area is 162 Å². The van der Waals surface area contributed by atoms with Crippen molar-refractivity contribution in [3.8, 4) is 0 Å². The largest absolute Gasteiger partial charge is 0.465 e. The maximum Gasteiger partial charge on any atom is 0.337 e. The van der Waals surface area contributed by atoms with Gasteiger partial charge in [0.25, 0.3) is 5.91 Å². The number of benzene rings is 1. The first-order valence-electron chi connectivity index (χ1n) is 8.32. The molecule has 0 aliphatic carbocycles. The van der Waals surface area contributed by atoms with Crippen LogP contribution in [0.1, 0.15) is 27.3 Å². The topological polar surface area (TPSA) is 96.4 Å². The number of nitrogens with zero attached hydrogens (tertiary/aromatic N) is 3. The number of ether oxygens (including phenoxy) is 1. The van der Waals surface area contributed by atoms with E-state index in [1.54, 1.807) is 12.1 Å². The number of esters is 1. The van der Waals surface area contributed by atoms with Crippen molar-refractivity contribution in [2.45, 2.75) is 6.42 Å². The summed E-state index contributed by atoms with van der Waals surface area (Å²) in [6.07, 6.45) is 0.964. The molecule has 0 spiro atoms. The molecule has 1 heterocycles. The van der Waals surface area contributed by atoms with Gasteiger partial charge < -0.3 is 20.3 Å². The first-order chi connectivity index (χ1) is 12.9. The van der Waals surface area contributed by atoms with Crippen LogP contribution in [0.2, 0.25) is 5.02 Å². The van der Waals surface area contributed by atoms with Crippen molar-refractivity contribution in [1.29, 1.82) is 0 Å². The van der Waals surface area contributed by atoms with E-state index in [1.165, 1.54) is 25.3 Å². The highest BCUT2D eigenvalue weighted by molar-refractivity contribution is 6.34. The van der Waals surface area contributed by atoms with Gasteiger partial charge in [0.1, 0.15) is 5.82 Å². The third kappa shape index (κ3) is 6.19. The van der Waals surface area contributed by atoms with Crippen molar-refractivity contribution in [2.75, 3.05) is 44.9 Å². The smallest absolute Gasteiger partial charge is 0.337 e. The zero-order valence-electron chi connectivity index (χ0n) is 15.5. The standard InChI is InChI=1S/C18H22ClN5O3/c1-24(2)10-4-9-20-16-8-7-14(22-23-16)17(25)21-15-11-12(18(26)27-3)5-6-13(15)19/h5-8,11H,4,9-10H2,1-3H3,(H,20,23)(H,21,25). The van der Waals surface area contributed by atoms with Crippen molar-refractivity contribution in [3.05, 3.63) is 46.6 Å².